The van der Waals surface area contributed by atoms with Gasteiger partial charge in [-0.1, -0.05) is 41.9 Å². The summed E-state index contributed by atoms with van der Waals surface area (Å²) in [6.45, 7) is 2.04. The molecular formula is C24H26ClN3O6S2. The van der Waals surface area contributed by atoms with E-state index < -0.39 is 33.1 Å². The van der Waals surface area contributed by atoms with E-state index in [1.165, 1.54) is 13.2 Å². The van der Waals surface area contributed by atoms with Crippen molar-refractivity contribution in [1.82, 2.24) is 9.21 Å². The third-order valence-electron chi connectivity index (χ3n) is 5.32. The molecule has 0 aliphatic rings. The smallest absolute Gasteiger partial charge is 0.289 e. The van der Waals surface area contributed by atoms with Gasteiger partial charge in [0.25, 0.3) is 5.69 Å². The summed E-state index contributed by atoms with van der Waals surface area (Å²) in [6, 6.07) is 16.6. The van der Waals surface area contributed by atoms with Crippen molar-refractivity contribution >= 4 is 44.6 Å². The number of benzene rings is 2. The molecule has 0 radical (unpaired) electrons. The van der Waals surface area contributed by atoms with Gasteiger partial charge in [0.2, 0.25) is 15.9 Å². The Morgan fingerprint density at radius 1 is 1.11 bits per heavy atom. The van der Waals surface area contributed by atoms with Crippen molar-refractivity contribution in [2.45, 2.75) is 24.9 Å². The van der Waals surface area contributed by atoms with Crippen molar-refractivity contribution in [3.63, 3.8) is 0 Å². The van der Waals surface area contributed by atoms with Crippen LogP contribution in [0.5, 0.6) is 0 Å². The van der Waals surface area contributed by atoms with Crippen LogP contribution in [0.4, 0.5) is 5.69 Å². The molecule has 12 heteroatoms. The summed E-state index contributed by atoms with van der Waals surface area (Å²) >= 11 is 7.42. The van der Waals surface area contributed by atoms with E-state index in [1.54, 1.807) is 16.2 Å². The zero-order chi connectivity index (χ0) is 26.3. The predicted molar refractivity (Wildman–Crippen MR) is 138 cm³/mol. The van der Waals surface area contributed by atoms with Crippen LogP contribution in [0.2, 0.25) is 5.02 Å². The molecule has 0 unspecified atom stereocenters. The fourth-order valence-electron chi connectivity index (χ4n) is 3.46. The minimum absolute atomic E-state index is 0.0327. The molecule has 1 aromatic heterocycles. The molecule has 36 heavy (non-hydrogen) atoms. The Hall–Kier alpha value is -2.83. The number of hydrogen-bond acceptors (Lipinski definition) is 7. The van der Waals surface area contributed by atoms with E-state index in [0.29, 0.717) is 13.1 Å². The summed E-state index contributed by atoms with van der Waals surface area (Å²) in [6.07, 6.45) is 0. The van der Waals surface area contributed by atoms with Gasteiger partial charge < -0.3 is 9.64 Å². The van der Waals surface area contributed by atoms with Gasteiger partial charge in [0.1, 0.15) is 5.02 Å². The summed E-state index contributed by atoms with van der Waals surface area (Å²) < 4.78 is 32.9. The molecule has 1 heterocycles. The van der Waals surface area contributed by atoms with Gasteiger partial charge in [0, 0.05) is 36.0 Å². The first-order chi connectivity index (χ1) is 17.1. The van der Waals surface area contributed by atoms with Crippen molar-refractivity contribution in [1.29, 1.82) is 0 Å². The first kappa shape index (κ1) is 27.8. The molecule has 0 bridgehead atoms. The van der Waals surface area contributed by atoms with Crippen LogP contribution in [0.15, 0.2) is 65.6 Å². The Balaban J connectivity index is 1.91. The van der Waals surface area contributed by atoms with E-state index >= 15 is 0 Å². The molecule has 0 fully saturated rings. The van der Waals surface area contributed by atoms with Crippen LogP contribution < -0.4 is 0 Å². The maximum Gasteiger partial charge on any atom is 0.289 e. The molecule has 3 aromatic rings. The number of carbonyl (C=O) groups excluding carboxylic acids is 1. The van der Waals surface area contributed by atoms with Crippen LogP contribution in [0, 0.1) is 17.0 Å². The number of halogens is 1. The van der Waals surface area contributed by atoms with Crippen LogP contribution in [0.3, 0.4) is 0 Å². The second kappa shape index (κ2) is 12.4. The molecule has 0 saturated heterocycles. The van der Waals surface area contributed by atoms with Crippen molar-refractivity contribution < 1.29 is 22.9 Å². The largest absolute Gasteiger partial charge is 0.383 e. The highest BCUT2D eigenvalue weighted by Crippen LogP contribution is 2.29. The van der Waals surface area contributed by atoms with Crippen molar-refractivity contribution in [3.8, 4) is 0 Å². The first-order valence-electron chi connectivity index (χ1n) is 10.9. The molecule has 192 valence electrons. The van der Waals surface area contributed by atoms with Crippen LogP contribution in [-0.2, 0) is 32.6 Å². The van der Waals surface area contributed by atoms with Crippen LogP contribution in [0.25, 0.3) is 0 Å². The zero-order valence-electron chi connectivity index (χ0n) is 19.8. The Morgan fingerprint density at radius 2 is 1.83 bits per heavy atom. The normalized spacial score (nSPS) is 11.6. The Labute approximate surface area is 219 Å². The molecule has 3 rings (SSSR count). The molecule has 9 nitrogen and oxygen atoms in total. The zero-order valence-corrected chi connectivity index (χ0v) is 22.2. The van der Waals surface area contributed by atoms with Crippen LogP contribution in [0.1, 0.15) is 15.3 Å². The summed E-state index contributed by atoms with van der Waals surface area (Å²) in [5.41, 5.74) is 0.369. The Morgan fingerprint density at radius 3 is 2.44 bits per heavy atom. The van der Waals surface area contributed by atoms with Crippen LogP contribution in [-0.4, -0.2) is 55.3 Å². The lowest BCUT2D eigenvalue weighted by atomic mass is 10.2. The third-order valence-corrected chi connectivity index (χ3v) is 8.47. The highest BCUT2D eigenvalue weighted by molar-refractivity contribution is 7.89. The Kier molecular flexibility index (Phi) is 9.57. The fraction of sp³-hybridized carbons (Fsp3) is 0.292. The predicted octanol–water partition coefficient (Wildman–Crippen LogP) is 4.48. The molecule has 0 atom stereocenters. The molecule has 0 saturated carbocycles. The summed E-state index contributed by atoms with van der Waals surface area (Å²) in [7, 11) is -2.85. The van der Waals surface area contributed by atoms with Gasteiger partial charge in [0.15, 0.2) is 0 Å². The molecule has 0 aliphatic carbocycles. The number of nitro groups is 1. The number of rotatable bonds is 12. The van der Waals surface area contributed by atoms with E-state index in [4.69, 9.17) is 16.3 Å². The van der Waals surface area contributed by atoms with E-state index in [9.17, 15) is 23.3 Å². The van der Waals surface area contributed by atoms with Crippen molar-refractivity contribution in [2.24, 2.45) is 0 Å². The second-order valence-corrected chi connectivity index (χ2v) is 11.7. The molecule has 0 N–H and O–H groups in total. The Bertz CT molecular complexity index is 1310. The fourth-order valence-corrected chi connectivity index (χ4v) is 5.95. The standard InChI is InChI=1S/C24H26ClN3O6S2/c1-18-8-9-20(35-18)16-26(15-19-6-4-3-5-7-19)24(29)17-27(12-13-34-2)36(32,33)21-10-11-22(25)23(14-21)28(30)31/h3-11,14H,12-13,15-17H2,1-2H3. The van der Waals surface area contributed by atoms with Crippen LogP contribution >= 0.6 is 22.9 Å². The average Bonchev–Trinajstić information content (AvgIpc) is 3.26. The van der Waals surface area contributed by atoms with Gasteiger partial charge in [-0.15, -0.1) is 11.3 Å². The lowest BCUT2D eigenvalue weighted by molar-refractivity contribution is -0.384. The molecule has 0 aliphatic heterocycles. The average molecular weight is 552 g/mol. The lowest BCUT2D eigenvalue weighted by Crippen LogP contribution is -2.43. The van der Waals surface area contributed by atoms with E-state index in [2.05, 4.69) is 0 Å². The number of methoxy groups -OCH3 is 1. The van der Waals surface area contributed by atoms with Gasteiger partial charge in [-0.3, -0.25) is 14.9 Å². The third kappa shape index (κ3) is 7.11. The number of nitro benzene ring substituents is 1. The van der Waals surface area contributed by atoms with Gasteiger partial charge in [0.05, 0.1) is 29.5 Å². The lowest BCUT2D eigenvalue weighted by Gasteiger charge is -2.27. The van der Waals surface area contributed by atoms with E-state index in [1.807, 2.05) is 49.4 Å². The first-order valence-corrected chi connectivity index (χ1v) is 13.6. The number of carbonyl (C=O) groups is 1. The second-order valence-electron chi connectivity index (χ2n) is 7.95. The van der Waals surface area contributed by atoms with Gasteiger partial charge in [-0.05, 0) is 36.8 Å². The SMILES string of the molecule is COCCN(CC(=O)N(Cc1ccccc1)Cc1ccc(C)s1)S(=O)(=O)c1ccc(Cl)c([N+](=O)[O-])c1. The highest BCUT2D eigenvalue weighted by atomic mass is 35.5. The maximum absolute atomic E-state index is 13.5. The molecule has 2 aromatic carbocycles. The highest BCUT2D eigenvalue weighted by Gasteiger charge is 2.30. The van der Waals surface area contributed by atoms with Crippen molar-refractivity contribution in [3.05, 3.63) is 91.1 Å². The minimum Gasteiger partial charge on any atom is -0.383 e. The molecule has 0 spiro atoms. The van der Waals surface area contributed by atoms with Gasteiger partial charge >= 0.3 is 0 Å². The summed E-state index contributed by atoms with van der Waals surface area (Å²) in [5.74, 6) is -0.409. The number of hydrogen-bond donors (Lipinski definition) is 0. The monoisotopic (exact) mass is 551 g/mol. The van der Waals surface area contributed by atoms with Crippen molar-refractivity contribution in [2.75, 3.05) is 26.8 Å². The number of thiophene rings is 1. The number of aryl methyl sites for hydroxylation is 1. The topological polar surface area (TPSA) is 110 Å². The quantitative estimate of drug-likeness (QED) is 0.242. The summed E-state index contributed by atoms with van der Waals surface area (Å²) in [4.78, 5) is 27.4. The number of ether oxygens (including phenoxy) is 1. The minimum atomic E-state index is -4.27. The van der Waals surface area contributed by atoms with E-state index in [-0.39, 0.29) is 23.1 Å². The molecular weight excluding hydrogens is 526 g/mol. The number of nitrogens with zero attached hydrogens (tertiary/aromatic N) is 3. The number of sulfonamides is 1. The summed E-state index contributed by atoms with van der Waals surface area (Å²) in [5, 5.41) is 11.1. The number of amides is 1. The van der Waals surface area contributed by atoms with Gasteiger partial charge in [-0.25, -0.2) is 8.42 Å². The molecule has 1 amide bonds. The van der Waals surface area contributed by atoms with E-state index in [0.717, 1.165) is 31.8 Å². The maximum atomic E-state index is 13.5. The van der Waals surface area contributed by atoms with Gasteiger partial charge in [-0.2, -0.15) is 4.31 Å².